The van der Waals surface area contributed by atoms with Crippen molar-refractivity contribution in [2.75, 3.05) is 50.2 Å². The Morgan fingerprint density at radius 1 is 1.05 bits per heavy atom. The first kappa shape index (κ1) is 25.9. The predicted molar refractivity (Wildman–Crippen MR) is 155 cm³/mol. The first-order valence-electron chi connectivity index (χ1n) is 12.8. The van der Waals surface area contributed by atoms with Crippen molar-refractivity contribution in [1.29, 1.82) is 0 Å². The van der Waals surface area contributed by atoms with E-state index in [1.165, 1.54) is 9.79 Å². The first-order valence-corrected chi connectivity index (χ1v) is 14.4. The lowest BCUT2D eigenvalue weighted by atomic mass is 10.1. The van der Waals surface area contributed by atoms with Crippen LogP contribution in [0, 0.1) is 6.92 Å². The maximum absolute atomic E-state index is 12.6. The Morgan fingerprint density at radius 2 is 1.87 bits per heavy atom. The number of fused-ring (bicyclic) bond motifs is 2. The predicted octanol–water partition coefficient (Wildman–Crippen LogP) is 5.39. The molecule has 1 fully saturated rings. The van der Waals surface area contributed by atoms with Crippen LogP contribution in [0.5, 0.6) is 0 Å². The van der Waals surface area contributed by atoms with Gasteiger partial charge in [0.15, 0.2) is 5.82 Å². The van der Waals surface area contributed by atoms with Gasteiger partial charge in [0.2, 0.25) is 5.56 Å². The van der Waals surface area contributed by atoms with Crippen molar-refractivity contribution in [3.05, 3.63) is 82.7 Å². The van der Waals surface area contributed by atoms with Crippen molar-refractivity contribution >= 4 is 34.9 Å². The highest BCUT2D eigenvalue weighted by molar-refractivity contribution is 8.05. The number of hydrogen-bond donors (Lipinski definition) is 2. The maximum atomic E-state index is 12.6. The number of aromatic nitrogens is 3. The first-order chi connectivity index (χ1) is 19.1. The maximum Gasteiger partial charge on any atom is 0.250 e. The summed E-state index contributed by atoms with van der Waals surface area (Å²) in [4.78, 5) is 31.6. The lowest BCUT2D eigenvalue weighted by molar-refractivity contribution is 0.122. The molecule has 39 heavy (non-hydrogen) atoms. The molecule has 2 aromatic heterocycles. The van der Waals surface area contributed by atoms with Crippen LogP contribution in [0.1, 0.15) is 17.4 Å². The zero-order chi connectivity index (χ0) is 26.8. The summed E-state index contributed by atoms with van der Waals surface area (Å²) in [5, 5.41) is 3.54. The van der Waals surface area contributed by atoms with Crippen LogP contribution in [0.25, 0.3) is 11.3 Å². The number of H-pyrrole nitrogens is 1. The van der Waals surface area contributed by atoms with Crippen LogP contribution in [-0.2, 0) is 9.47 Å². The summed E-state index contributed by atoms with van der Waals surface area (Å²) < 4.78 is 10.9. The lowest BCUT2D eigenvalue weighted by Crippen LogP contribution is -2.36. The van der Waals surface area contributed by atoms with E-state index in [9.17, 15) is 4.79 Å². The van der Waals surface area contributed by atoms with Gasteiger partial charge in [0.05, 0.1) is 25.5 Å². The van der Waals surface area contributed by atoms with E-state index in [0.29, 0.717) is 25.6 Å². The minimum Gasteiger partial charge on any atom is -0.382 e. The molecule has 2 aliphatic heterocycles. The molecule has 1 atom stereocenters. The molecule has 0 bridgehead atoms. The van der Waals surface area contributed by atoms with E-state index in [0.717, 1.165) is 51.1 Å². The number of aryl methyl sites for hydroxylation is 1. The van der Waals surface area contributed by atoms with Crippen LogP contribution in [0.4, 0.5) is 11.4 Å². The van der Waals surface area contributed by atoms with Crippen LogP contribution in [0.2, 0.25) is 0 Å². The molecule has 0 radical (unpaired) electrons. The number of pyridine rings is 1. The molecule has 6 rings (SSSR count). The third kappa shape index (κ3) is 5.69. The molecule has 200 valence electrons. The quantitative estimate of drug-likeness (QED) is 0.272. The van der Waals surface area contributed by atoms with E-state index in [-0.39, 0.29) is 11.6 Å². The second-order valence-electron chi connectivity index (χ2n) is 9.49. The number of benzene rings is 2. The minimum absolute atomic E-state index is 0.0978. The summed E-state index contributed by atoms with van der Waals surface area (Å²) in [6.07, 6.45) is 3.65. The number of morpholine rings is 1. The summed E-state index contributed by atoms with van der Waals surface area (Å²) in [6.45, 7) is 5.34. The van der Waals surface area contributed by atoms with Crippen LogP contribution in [-0.4, -0.2) is 55.0 Å². The molecule has 1 saturated heterocycles. The summed E-state index contributed by atoms with van der Waals surface area (Å²) >= 11 is 3.47. The molecular formula is C29H29N5O3S2. The van der Waals surface area contributed by atoms with Gasteiger partial charge in [-0.25, -0.2) is 9.97 Å². The fourth-order valence-electron chi connectivity index (χ4n) is 4.71. The summed E-state index contributed by atoms with van der Waals surface area (Å²) in [5.74, 6) is 0.700. The number of hydrogen-bond acceptors (Lipinski definition) is 9. The second kappa shape index (κ2) is 11.4. The van der Waals surface area contributed by atoms with Crippen molar-refractivity contribution < 1.29 is 9.47 Å². The Balaban J connectivity index is 1.27. The van der Waals surface area contributed by atoms with Crippen LogP contribution in [0.3, 0.4) is 0 Å². The molecule has 2 aliphatic rings. The number of rotatable bonds is 7. The normalized spacial score (nSPS) is 15.4. The zero-order valence-electron chi connectivity index (χ0n) is 21.8. The summed E-state index contributed by atoms with van der Waals surface area (Å²) in [7, 11) is 1.68. The Morgan fingerprint density at radius 3 is 2.67 bits per heavy atom. The van der Waals surface area contributed by atoms with Crippen molar-refractivity contribution in [2.45, 2.75) is 32.5 Å². The van der Waals surface area contributed by atoms with E-state index in [4.69, 9.17) is 9.47 Å². The summed E-state index contributed by atoms with van der Waals surface area (Å²) in [5.41, 5.74) is 4.70. The van der Waals surface area contributed by atoms with Gasteiger partial charge in [-0.05, 0) is 42.8 Å². The third-order valence-electron chi connectivity index (χ3n) is 6.64. The Hall–Kier alpha value is -3.31. The van der Waals surface area contributed by atoms with Gasteiger partial charge in [-0.1, -0.05) is 35.7 Å². The van der Waals surface area contributed by atoms with Crippen molar-refractivity contribution in [1.82, 2.24) is 15.0 Å². The third-order valence-corrected chi connectivity index (χ3v) is 9.23. The van der Waals surface area contributed by atoms with Gasteiger partial charge >= 0.3 is 0 Å². The van der Waals surface area contributed by atoms with Crippen LogP contribution in [0.15, 0.2) is 85.3 Å². The molecule has 8 nitrogen and oxygen atoms in total. The molecule has 2 aromatic carbocycles. The number of nitrogens with zero attached hydrogens (tertiary/aromatic N) is 3. The van der Waals surface area contributed by atoms with Gasteiger partial charge in [0, 0.05) is 75.2 Å². The number of aromatic amines is 1. The average Bonchev–Trinajstić information content (AvgIpc) is 2.96. The van der Waals surface area contributed by atoms with Gasteiger partial charge in [-0.3, -0.25) is 4.79 Å². The van der Waals surface area contributed by atoms with Gasteiger partial charge in [0.1, 0.15) is 6.04 Å². The SMILES string of the molecule is COCC(Nc1ccc2c(c1)Sc1cccc(-c3cc(N4CCOCC4)cc(=O)[nH]3)c1S2)c1ncc(C)cn1. The molecule has 0 spiro atoms. The number of methoxy groups -OCH3 is 1. The largest absolute Gasteiger partial charge is 0.382 e. The molecule has 2 N–H and O–H groups in total. The number of anilines is 2. The van der Waals surface area contributed by atoms with Crippen LogP contribution >= 0.6 is 23.5 Å². The smallest absolute Gasteiger partial charge is 0.250 e. The Labute approximate surface area is 235 Å². The average molecular weight is 560 g/mol. The number of nitrogens with one attached hydrogen (secondary N) is 2. The van der Waals surface area contributed by atoms with E-state index in [1.54, 1.807) is 36.7 Å². The number of ether oxygens (including phenoxy) is 2. The van der Waals surface area contributed by atoms with E-state index < -0.39 is 0 Å². The molecule has 0 aliphatic carbocycles. The fraction of sp³-hybridized carbons (Fsp3) is 0.276. The highest BCUT2D eigenvalue weighted by atomic mass is 32.2. The molecule has 0 amide bonds. The fourth-order valence-corrected chi connectivity index (χ4v) is 7.13. The Bertz CT molecular complexity index is 1540. The monoisotopic (exact) mass is 559 g/mol. The van der Waals surface area contributed by atoms with Gasteiger partial charge in [0.25, 0.3) is 0 Å². The summed E-state index contributed by atoms with van der Waals surface area (Å²) in [6, 6.07) is 16.3. The topological polar surface area (TPSA) is 92.4 Å². The highest BCUT2D eigenvalue weighted by Crippen LogP contribution is 2.52. The van der Waals surface area contributed by atoms with Crippen LogP contribution < -0.4 is 15.8 Å². The molecule has 1 unspecified atom stereocenters. The molecule has 10 heteroatoms. The lowest BCUT2D eigenvalue weighted by Gasteiger charge is -2.29. The van der Waals surface area contributed by atoms with Crippen molar-refractivity contribution in [2.24, 2.45) is 0 Å². The second-order valence-corrected chi connectivity index (χ2v) is 11.6. The minimum atomic E-state index is -0.163. The van der Waals surface area contributed by atoms with Crippen molar-refractivity contribution in [3.8, 4) is 11.3 Å². The van der Waals surface area contributed by atoms with Gasteiger partial charge in [-0.15, -0.1) is 0 Å². The van der Waals surface area contributed by atoms with Gasteiger partial charge < -0.3 is 24.7 Å². The molecule has 4 aromatic rings. The molecular weight excluding hydrogens is 530 g/mol. The zero-order valence-corrected chi connectivity index (χ0v) is 23.4. The standard InChI is InChI=1S/C29H29N5O3S2/c1-18-15-30-29(31-16-18)23(17-36-2)32-19-6-7-24-26(12-19)38-25-5-3-4-21(28(25)39-24)22-13-20(14-27(35)33-22)34-8-10-37-11-9-34/h3-7,12-16,23,32H,8-11,17H2,1-2H3,(H,33,35). The van der Waals surface area contributed by atoms with Crippen molar-refractivity contribution in [3.63, 3.8) is 0 Å². The Kier molecular flexibility index (Phi) is 7.60. The molecule has 0 saturated carbocycles. The van der Waals surface area contributed by atoms with Gasteiger partial charge in [-0.2, -0.15) is 0 Å². The van der Waals surface area contributed by atoms with E-state index in [1.807, 2.05) is 19.3 Å². The van der Waals surface area contributed by atoms with E-state index in [2.05, 4.69) is 67.6 Å². The van der Waals surface area contributed by atoms with E-state index >= 15 is 0 Å². The molecule has 4 heterocycles. The highest BCUT2D eigenvalue weighted by Gasteiger charge is 2.23.